The van der Waals surface area contributed by atoms with E-state index in [1.54, 1.807) is 47.3 Å². The predicted molar refractivity (Wildman–Crippen MR) is 242 cm³/mol. The van der Waals surface area contributed by atoms with Crippen molar-refractivity contribution in [1.29, 1.82) is 0 Å². The van der Waals surface area contributed by atoms with Crippen LogP contribution in [0, 0.1) is 10.1 Å². The zero-order valence-corrected chi connectivity index (χ0v) is 36.6. The van der Waals surface area contributed by atoms with E-state index in [-0.39, 0.29) is 56.3 Å². The Bertz CT molecular complexity index is 2650. The summed E-state index contributed by atoms with van der Waals surface area (Å²) in [6.07, 6.45) is 8.94. The molecule has 0 aliphatic carbocycles. The molecule has 5 heterocycles. The van der Waals surface area contributed by atoms with E-state index < -0.39 is 11.0 Å². The van der Waals surface area contributed by atoms with Gasteiger partial charge in [-0.15, -0.1) is 0 Å². The number of halogens is 2. The number of quaternary nitrogens is 1. The average Bonchev–Trinajstić information content (AvgIpc) is 3.72. The lowest BCUT2D eigenvalue weighted by Crippen LogP contribution is -2.41. The van der Waals surface area contributed by atoms with Gasteiger partial charge in [0, 0.05) is 55.2 Å². The highest BCUT2D eigenvalue weighted by Crippen LogP contribution is 2.46. The molecule has 0 bridgehead atoms. The number of hydrogen-bond donors (Lipinski definition) is 1. The number of nitrogens with zero attached hydrogens (tertiary/aromatic N) is 7. The summed E-state index contributed by atoms with van der Waals surface area (Å²) in [7, 11) is 6.84. The van der Waals surface area contributed by atoms with Crippen molar-refractivity contribution in [2.45, 2.75) is 25.8 Å². The summed E-state index contributed by atoms with van der Waals surface area (Å²) in [5.74, 6) is 1.40. The van der Waals surface area contributed by atoms with Crippen molar-refractivity contribution in [2.75, 3.05) is 77.9 Å². The van der Waals surface area contributed by atoms with Gasteiger partial charge in [0.15, 0.2) is 5.78 Å². The van der Waals surface area contributed by atoms with E-state index in [1.807, 2.05) is 63.6 Å². The molecule has 3 aromatic heterocycles. The van der Waals surface area contributed by atoms with Crippen LogP contribution in [-0.4, -0.2) is 104 Å². The summed E-state index contributed by atoms with van der Waals surface area (Å²) in [5.41, 5.74) is 3.84. The fraction of sp³-hybridized carbons (Fsp3) is 0.311. The number of anilines is 3. The Kier molecular flexibility index (Phi) is 13.4. The lowest BCUT2D eigenvalue weighted by atomic mass is 9.99. The van der Waals surface area contributed by atoms with Gasteiger partial charge in [0.2, 0.25) is 0 Å². The number of rotatable bonds is 16. The van der Waals surface area contributed by atoms with Gasteiger partial charge >= 0.3 is 5.82 Å². The van der Waals surface area contributed by atoms with Crippen LogP contribution in [0.2, 0.25) is 10.0 Å². The molecule has 1 saturated heterocycles. The number of carbonyl (C=O) groups is 1. The summed E-state index contributed by atoms with van der Waals surface area (Å²) < 4.78 is 18.7. The first-order valence-corrected chi connectivity index (χ1v) is 20.7. The second-order valence-electron chi connectivity index (χ2n) is 15.7. The average molecular weight is 883 g/mol. The van der Waals surface area contributed by atoms with E-state index in [4.69, 9.17) is 42.4 Å². The molecule has 5 aromatic rings. The summed E-state index contributed by atoms with van der Waals surface area (Å²) in [4.78, 5) is 54.6. The normalized spacial score (nSPS) is 14.8. The molecule has 322 valence electrons. The van der Waals surface area contributed by atoms with Crippen molar-refractivity contribution in [3.8, 4) is 22.6 Å². The number of hydrogen-bond acceptors (Lipinski definition) is 12. The monoisotopic (exact) mass is 881 g/mol. The molecule has 7 rings (SSSR count). The maximum absolute atomic E-state index is 15.0. The number of methoxy groups -OCH3 is 2. The van der Waals surface area contributed by atoms with Gasteiger partial charge in [0.25, 0.3) is 5.56 Å². The minimum atomic E-state index is -0.558. The summed E-state index contributed by atoms with van der Waals surface area (Å²) in [6, 6.07) is 16.0. The van der Waals surface area contributed by atoms with E-state index in [2.05, 4.69) is 20.2 Å². The quantitative estimate of drug-likeness (QED) is 0.0448. The van der Waals surface area contributed by atoms with Crippen LogP contribution in [0.25, 0.3) is 22.0 Å². The van der Waals surface area contributed by atoms with Crippen LogP contribution >= 0.6 is 23.2 Å². The van der Waals surface area contributed by atoms with E-state index in [0.717, 1.165) is 29.9 Å². The standard InChI is InChI=1S/C45H46Cl2N8O7/c1-28(30-9-6-8-29(20-30)21-34(56)10-7-17-55(2,3)27-31-13-14-48-44(31)54(58)59)53-36-23-40(51-39-12-11-33(26-50-39)52-15-18-62-19-16-52)49-25-32(36)22-35(45(53)57)41-42(46)37(60-4)24-38(61-5)43(41)47/h6-12,14,20,22-26,28H,13,15-19,21,27H2,1-5H3/p+1/b10-7+. The molecule has 2 aromatic carbocycles. The molecule has 0 saturated carbocycles. The largest absolute Gasteiger partial charge is 0.495 e. The van der Waals surface area contributed by atoms with Crippen LogP contribution in [-0.2, 0) is 16.0 Å². The zero-order valence-electron chi connectivity index (χ0n) is 35.1. The Hall–Kier alpha value is -6.13. The van der Waals surface area contributed by atoms with Crippen molar-refractivity contribution in [2.24, 2.45) is 4.99 Å². The highest BCUT2D eigenvalue weighted by Gasteiger charge is 2.29. The third kappa shape index (κ3) is 9.66. The number of fused-ring (bicyclic) bond motifs is 1. The van der Waals surface area contributed by atoms with Crippen LogP contribution in [0.15, 0.2) is 100 Å². The minimum Gasteiger partial charge on any atom is -0.495 e. The number of nitro groups is 1. The molecule has 15 nitrogen and oxygen atoms in total. The van der Waals surface area contributed by atoms with Gasteiger partial charge < -0.3 is 43.6 Å². The summed E-state index contributed by atoms with van der Waals surface area (Å²) in [5, 5.41) is 15.6. The van der Waals surface area contributed by atoms with Crippen LogP contribution in [0.1, 0.15) is 30.5 Å². The Morgan fingerprint density at radius 1 is 1.02 bits per heavy atom. The first-order valence-electron chi connectivity index (χ1n) is 20.0. The smallest absolute Gasteiger partial charge is 0.368 e. The van der Waals surface area contributed by atoms with Crippen LogP contribution < -0.4 is 25.2 Å². The molecule has 0 spiro atoms. The molecular formula is C45H47Cl2N8O7+. The van der Waals surface area contributed by atoms with Crippen molar-refractivity contribution in [1.82, 2.24) is 14.5 Å². The number of benzene rings is 2. The second-order valence-corrected chi connectivity index (χ2v) is 16.5. The van der Waals surface area contributed by atoms with Gasteiger partial charge in [-0.1, -0.05) is 52.5 Å². The van der Waals surface area contributed by atoms with Gasteiger partial charge in [-0.3, -0.25) is 9.59 Å². The lowest BCUT2D eigenvalue weighted by Gasteiger charge is -2.28. The molecule has 2 aliphatic heterocycles. The number of carbonyl (C=O) groups excluding carboxylic acids is 1. The number of aliphatic imine (C=N–C) groups is 1. The van der Waals surface area contributed by atoms with Crippen molar-refractivity contribution >= 4 is 63.4 Å². The first kappa shape index (κ1) is 43.9. The second kappa shape index (κ2) is 18.9. The Balaban J connectivity index is 1.20. The molecule has 1 fully saturated rings. The third-order valence-electron chi connectivity index (χ3n) is 10.9. The zero-order chi connectivity index (χ0) is 44.1. The Labute approximate surface area is 368 Å². The maximum atomic E-state index is 15.0. The number of ether oxygens (including phenoxy) is 3. The van der Waals surface area contributed by atoms with E-state index >= 15 is 0 Å². The number of pyridine rings is 3. The Morgan fingerprint density at radius 3 is 2.42 bits per heavy atom. The number of ketones is 1. The highest BCUT2D eigenvalue weighted by molar-refractivity contribution is 6.41. The molecule has 1 atom stereocenters. The predicted octanol–water partition coefficient (Wildman–Crippen LogP) is 7.68. The fourth-order valence-corrected chi connectivity index (χ4v) is 8.45. The van der Waals surface area contributed by atoms with Gasteiger partial charge in [-0.05, 0) is 53.3 Å². The Morgan fingerprint density at radius 2 is 1.74 bits per heavy atom. The number of allylic oxidation sites excluding steroid dienone is 1. The molecule has 2 aliphatic rings. The van der Waals surface area contributed by atoms with E-state index in [9.17, 15) is 19.7 Å². The molecule has 1 N–H and O–H groups in total. The maximum Gasteiger partial charge on any atom is 0.368 e. The first-order chi connectivity index (χ1) is 29.8. The van der Waals surface area contributed by atoms with Crippen LogP contribution in [0.3, 0.4) is 0 Å². The van der Waals surface area contributed by atoms with Crippen LogP contribution in [0.4, 0.5) is 17.3 Å². The minimum absolute atomic E-state index is 0.0999. The highest BCUT2D eigenvalue weighted by atomic mass is 35.5. The molecule has 62 heavy (non-hydrogen) atoms. The fourth-order valence-electron chi connectivity index (χ4n) is 7.74. The SMILES string of the molecule is COc1cc(OC)c(Cl)c(-c2cc3cnc(Nc4ccc(N5CCOCC5)cn4)cc3n(C(C)c3cccc(CC(=O)/C=C/C[N+](C)(C)CC4=C([N+](=O)[O-])N=CC4)c3)c2=O)c1Cl. The van der Waals surface area contributed by atoms with Crippen molar-refractivity contribution < 1.29 is 28.4 Å². The van der Waals surface area contributed by atoms with E-state index in [0.29, 0.717) is 65.3 Å². The van der Waals surface area contributed by atoms with Gasteiger partial charge in [0.05, 0.1) is 92.7 Å². The van der Waals surface area contributed by atoms with Gasteiger partial charge in [0.1, 0.15) is 35.9 Å². The molecular weight excluding hydrogens is 835 g/mol. The summed E-state index contributed by atoms with van der Waals surface area (Å²) >= 11 is 13.8. The molecule has 17 heteroatoms. The van der Waals surface area contributed by atoms with Crippen molar-refractivity contribution in [3.63, 3.8) is 0 Å². The summed E-state index contributed by atoms with van der Waals surface area (Å²) in [6.45, 7) is 5.74. The number of morpholine rings is 1. The number of aromatic nitrogens is 3. The topological polar surface area (TPSA) is 163 Å². The van der Waals surface area contributed by atoms with E-state index in [1.165, 1.54) is 14.2 Å². The molecule has 1 unspecified atom stereocenters. The lowest BCUT2D eigenvalue weighted by molar-refractivity contribution is -0.880. The molecule has 0 radical (unpaired) electrons. The molecule has 0 amide bonds. The van der Waals surface area contributed by atoms with Crippen molar-refractivity contribution in [3.05, 3.63) is 132 Å². The van der Waals surface area contributed by atoms with Gasteiger partial charge in [-0.2, -0.15) is 0 Å². The third-order valence-corrected chi connectivity index (χ3v) is 11.7. The van der Waals surface area contributed by atoms with Crippen LogP contribution in [0.5, 0.6) is 11.5 Å². The van der Waals surface area contributed by atoms with Gasteiger partial charge in [-0.25, -0.2) is 9.97 Å². The number of likely N-dealkylation sites (N-methyl/N-ethyl adjacent to an activating group) is 1. The number of nitrogens with one attached hydrogen (secondary N) is 1.